The van der Waals surface area contributed by atoms with E-state index in [0.29, 0.717) is 0 Å². The number of para-hydroxylation sites is 4. The summed E-state index contributed by atoms with van der Waals surface area (Å²) in [4.78, 5) is 4.71. The molecule has 8 aromatic carbocycles. The second kappa shape index (κ2) is 13.4. The van der Waals surface area contributed by atoms with Gasteiger partial charge in [-0.15, -0.1) is 0 Å². The summed E-state index contributed by atoms with van der Waals surface area (Å²) < 4.78 is 15.6. The van der Waals surface area contributed by atoms with Gasteiger partial charge >= 0.3 is 0 Å². The lowest BCUT2D eigenvalue weighted by Gasteiger charge is -2.33. The monoisotopic (exact) mass is 759 g/mol. The van der Waals surface area contributed by atoms with Crippen molar-refractivity contribution in [1.29, 1.82) is 0 Å². The van der Waals surface area contributed by atoms with Crippen LogP contribution in [0, 0.1) is 0 Å². The predicted octanol–water partition coefficient (Wildman–Crippen LogP) is 15.2. The van der Waals surface area contributed by atoms with E-state index in [1.54, 1.807) is 0 Å². The van der Waals surface area contributed by atoms with Crippen molar-refractivity contribution >= 4 is 73.0 Å². The first-order chi connectivity index (χ1) is 29.3. The van der Waals surface area contributed by atoms with Crippen molar-refractivity contribution in [2.24, 2.45) is 0 Å². The summed E-state index contributed by atoms with van der Waals surface area (Å²) in [7, 11) is 0. The first-order valence-corrected chi connectivity index (χ1v) is 20.2. The molecule has 1 aliphatic heterocycles. The summed E-state index contributed by atoms with van der Waals surface area (Å²) in [5.74, 6) is 3.67. The topological polar surface area (TPSA) is 33.8 Å². The van der Waals surface area contributed by atoms with E-state index in [1.807, 2.05) is 6.07 Å². The Balaban J connectivity index is 1.03. The molecule has 0 atom stereocenters. The minimum Gasteiger partial charge on any atom is -0.460 e. The zero-order chi connectivity index (χ0) is 38.9. The Morgan fingerprint density at radius 2 is 1.27 bits per heavy atom. The maximum Gasteiger partial charge on any atom is 0.178 e. The molecule has 1 aliphatic carbocycles. The standard InChI is InChI=1S/C54H37N3O2/c1-2-16-38(17-3-1)56-46-22-8-6-19-44(46)53-54(56)57(47-23-9-11-26-50(47)59-53)41-34-32-40(33-35-41)55(48-24-13-27-51-52(48)45-20-7-10-25-49(45)58-51)39-30-28-37(29-31-39)43-21-12-15-36-14-4-5-18-42(36)43/h1-9,11-24,26-35H,10,25H2. The van der Waals surface area contributed by atoms with Crippen LogP contribution in [-0.2, 0) is 6.42 Å². The van der Waals surface area contributed by atoms with E-state index in [2.05, 4.69) is 209 Å². The molecule has 12 rings (SSSR count). The minimum atomic E-state index is 0.817. The van der Waals surface area contributed by atoms with E-state index in [0.717, 1.165) is 91.9 Å². The van der Waals surface area contributed by atoms with E-state index in [1.165, 1.54) is 27.5 Å². The number of hydrogen-bond donors (Lipinski definition) is 0. The van der Waals surface area contributed by atoms with Crippen LogP contribution in [-0.4, -0.2) is 4.57 Å². The Kier molecular flexibility index (Phi) is 7.60. The van der Waals surface area contributed by atoms with Gasteiger partial charge in [-0.2, -0.15) is 0 Å². The fourth-order valence-electron chi connectivity index (χ4n) is 9.16. The van der Waals surface area contributed by atoms with Gasteiger partial charge in [0.15, 0.2) is 17.3 Å². The maximum absolute atomic E-state index is 6.78. The van der Waals surface area contributed by atoms with Crippen LogP contribution < -0.4 is 14.5 Å². The molecule has 0 saturated carbocycles. The van der Waals surface area contributed by atoms with Crippen molar-refractivity contribution in [3.63, 3.8) is 0 Å². The Bertz CT molecular complexity index is 3240. The van der Waals surface area contributed by atoms with Crippen LogP contribution in [0.2, 0.25) is 0 Å². The molecule has 2 aliphatic rings. The summed E-state index contributed by atoms with van der Waals surface area (Å²) in [5, 5.41) is 4.67. The van der Waals surface area contributed by atoms with E-state index < -0.39 is 0 Å². The van der Waals surface area contributed by atoms with Crippen molar-refractivity contribution in [2.75, 3.05) is 9.80 Å². The Hall–Kier alpha value is -7.76. The molecule has 3 heterocycles. The molecule has 5 nitrogen and oxygen atoms in total. The SMILES string of the molecule is C1=Cc2c(oc3cccc(N(c4ccc(-c5cccc6ccccc56)cc4)c4ccc(N5c6ccccc6Oc6c5n(-c5ccccc5)c5ccccc65)cc4)c23)CC1. The normalized spacial score (nSPS) is 13.0. The Morgan fingerprint density at radius 3 is 2.14 bits per heavy atom. The lowest BCUT2D eigenvalue weighted by Crippen LogP contribution is -2.18. The highest BCUT2D eigenvalue weighted by molar-refractivity contribution is 6.04. The van der Waals surface area contributed by atoms with Gasteiger partial charge in [0.05, 0.1) is 22.3 Å². The predicted molar refractivity (Wildman–Crippen MR) is 243 cm³/mol. The van der Waals surface area contributed by atoms with Crippen LogP contribution in [0.15, 0.2) is 199 Å². The van der Waals surface area contributed by atoms with Crippen LogP contribution in [0.3, 0.4) is 0 Å². The third-order valence-electron chi connectivity index (χ3n) is 11.8. The van der Waals surface area contributed by atoms with Gasteiger partial charge in [0.25, 0.3) is 0 Å². The number of ether oxygens (including phenoxy) is 1. The van der Waals surface area contributed by atoms with Crippen molar-refractivity contribution < 1.29 is 9.15 Å². The number of aryl methyl sites for hydroxylation is 1. The third-order valence-corrected chi connectivity index (χ3v) is 11.8. The van der Waals surface area contributed by atoms with Gasteiger partial charge < -0.3 is 14.1 Å². The molecule has 10 aromatic rings. The second-order valence-electron chi connectivity index (χ2n) is 15.2. The molecule has 2 aromatic heterocycles. The highest BCUT2D eigenvalue weighted by Gasteiger charge is 2.33. The first-order valence-electron chi connectivity index (χ1n) is 20.2. The molecule has 280 valence electrons. The third kappa shape index (κ3) is 5.32. The molecule has 0 spiro atoms. The smallest absolute Gasteiger partial charge is 0.178 e. The van der Waals surface area contributed by atoms with E-state index in [-0.39, 0.29) is 0 Å². The highest BCUT2D eigenvalue weighted by Crippen LogP contribution is 2.55. The van der Waals surface area contributed by atoms with Gasteiger partial charge in [0.1, 0.15) is 11.3 Å². The Labute approximate surface area is 341 Å². The zero-order valence-electron chi connectivity index (χ0n) is 32.1. The number of nitrogens with zero attached hydrogens (tertiary/aromatic N) is 3. The molecule has 0 N–H and O–H groups in total. The number of rotatable bonds is 6. The molecule has 0 saturated heterocycles. The van der Waals surface area contributed by atoms with Gasteiger partial charge in [-0.3, -0.25) is 9.47 Å². The van der Waals surface area contributed by atoms with E-state index >= 15 is 0 Å². The molecule has 5 heteroatoms. The van der Waals surface area contributed by atoms with Gasteiger partial charge in [0, 0.05) is 40.1 Å². The second-order valence-corrected chi connectivity index (χ2v) is 15.2. The van der Waals surface area contributed by atoms with E-state index in [4.69, 9.17) is 9.15 Å². The molecule has 0 radical (unpaired) electrons. The summed E-state index contributed by atoms with van der Waals surface area (Å²) in [6.07, 6.45) is 6.38. The maximum atomic E-state index is 6.78. The van der Waals surface area contributed by atoms with Crippen LogP contribution in [0.5, 0.6) is 11.5 Å². The van der Waals surface area contributed by atoms with Crippen LogP contribution in [0.25, 0.3) is 55.5 Å². The summed E-state index contributed by atoms with van der Waals surface area (Å²) in [6, 6.07) is 66.8. The van der Waals surface area contributed by atoms with Crippen molar-refractivity contribution in [3.05, 3.63) is 205 Å². The number of allylic oxidation sites excluding steroid dienone is 1. The number of aromatic nitrogens is 1. The highest BCUT2D eigenvalue weighted by atomic mass is 16.5. The molecule has 59 heavy (non-hydrogen) atoms. The van der Waals surface area contributed by atoms with Crippen molar-refractivity contribution in [2.45, 2.75) is 12.8 Å². The van der Waals surface area contributed by atoms with Crippen LogP contribution in [0.4, 0.5) is 34.3 Å². The fourth-order valence-corrected chi connectivity index (χ4v) is 9.16. The summed E-state index contributed by atoms with van der Waals surface area (Å²) in [5.41, 5.74) is 11.8. The number of hydrogen-bond acceptors (Lipinski definition) is 4. The zero-order valence-corrected chi connectivity index (χ0v) is 32.1. The lowest BCUT2D eigenvalue weighted by atomic mass is 9.97. The average molecular weight is 760 g/mol. The molecule has 0 unspecified atom stereocenters. The molecule has 0 amide bonds. The van der Waals surface area contributed by atoms with E-state index in [9.17, 15) is 0 Å². The average Bonchev–Trinajstić information content (AvgIpc) is 3.85. The molecular weight excluding hydrogens is 723 g/mol. The quantitative estimate of drug-likeness (QED) is 0.169. The van der Waals surface area contributed by atoms with Gasteiger partial charge in [-0.25, -0.2) is 0 Å². The van der Waals surface area contributed by atoms with Gasteiger partial charge in [-0.1, -0.05) is 115 Å². The number of fused-ring (bicyclic) bond motifs is 8. The minimum absolute atomic E-state index is 0.817. The molecule has 0 bridgehead atoms. The number of furan rings is 1. The van der Waals surface area contributed by atoms with Gasteiger partial charge in [0.2, 0.25) is 0 Å². The summed E-state index contributed by atoms with van der Waals surface area (Å²) in [6.45, 7) is 0. The summed E-state index contributed by atoms with van der Waals surface area (Å²) >= 11 is 0. The van der Waals surface area contributed by atoms with Crippen LogP contribution in [0.1, 0.15) is 17.7 Å². The fraction of sp³-hybridized carbons (Fsp3) is 0.0370. The molecular formula is C54H37N3O2. The van der Waals surface area contributed by atoms with Crippen molar-refractivity contribution in [3.8, 4) is 28.3 Å². The van der Waals surface area contributed by atoms with Gasteiger partial charge in [-0.05, 0) is 113 Å². The largest absolute Gasteiger partial charge is 0.460 e. The number of benzene rings is 8. The first kappa shape index (κ1) is 33.4. The van der Waals surface area contributed by atoms with Crippen LogP contribution >= 0.6 is 0 Å². The lowest BCUT2D eigenvalue weighted by molar-refractivity contribution is 0.481. The molecule has 0 fully saturated rings. The number of anilines is 6. The van der Waals surface area contributed by atoms with Crippen molar-refractivity contribution in [1.82, 2.24) is 4.57 Å². The Morgan fingerprint density at radius 1 is 0.559 bits per heavy atom.